The summed E-state index contributed by atoms with van der Waals surface area (Å²) in [5, 5.41) is 19.6. The fourth-order valence-corrected chi connectivity index (χ4v) is 1.54. The Kier molecular flexibility index (Phi) is 5.61. The minimum Gasteiger partial charge on any atom is -0.493 e. The van der Waals surface area contributed by atoms with Crippen molar-refractivity contribution in [1.29, 1.82) is 0 Å². The highest BCUT2D eigenvalue weighted by molar-refractivity contribution is 5.75. The summed E-state index contributed by atoms with van der Waals surface area (Å²) in [5.41, 5.74) is 0.361. The maximum absolute atomic E-state index is 11.4. The van der Waals surface area contributed by atoms with Crippen LogP contribution in [0.1, 0.15) is 25.5 Å². The van der Waals surface area contributed by atoms with Gasteiger partial charge in [-0.15, -0.1) is 0 Å². The normalized spacial score (nSPS) is 13.8. The SMILES string of the molecule is CCOC(=O)C(O)C(O)c1ccccc1OCC. The summed E-state index contributed by atoms with van der Waals surface area (Å²) in [4.78, 5) is 11.4. The molecule has 2 atom stereocenters. The number of rotatable bonds is 6. The van der Waals surface area contributed by atoms with Gasteiger partial charge in [0.1, 0.15) is 11.9 Å². The number of hydrogen-bond donors (Lipinski definition) is 2. The van der Waals surface area contributed by atoms with Gasteiger partial charge in [-0.1, -0.05) is 18.2 Å². The highest BCUT2D eigenvalue weighted by Crippen LogP contribution is 2.27. The molecule has 0 radical (unpaired) electrons. The molecule has 2 unspecified atom stereocenters. The Bertz CT molecular complexity index is 391. The van der Waals surface area contributed by atoms with Crippen LogP contribution in [0.15, 0.2) is 24.3 Å². The maximum Gasteiger partial charge on any atom is 0.338 e. The molecule has 0 aliphatic carbocycles. The van der Waals surface area contributed by atoms with Gasteiger partial charge >= 0.3 is 5.97 Å². The summed E-state index contributed by atoms with van der Waals surface area (Å²) in [6.45, 7) is 4.02. The van der Waals surface area contributed by atoms with E-state index in [4.69, 9.17) is 4.74 Å². The number of ether oxygens (including phenoxy) is 2. The molecule has 1 aromatic rings. The highest BCUT2D eigenvalue weighted by Gasteiger charge is 2.28. The maximum atomic E-state index is 11.4. The number of aliphatic hydroxyl groups excluding tert-OH is 2. The quantitative estimate of drug-likeness (QED) is 0.742. The zero-order chi connectivity index (χ0) is 13.5. The first-order valence-corrected chi connectivity index (χ1v) is 5.86. The lowest BCUT2D eigenvalue weighted by atomic mass is 10.0. The Balaban J connectivity index is 2.88. The number of benzene rings is 1. The van der Waals surface area contributed by atoms with Gasteiger partial charge in [-0.3, -0.25) is 0 Å². The second-order valence-electron chi connectivity index (χ2n) is 3.61. The molecule has 0 spiro atoms. The third-order valence-corrected chi connectivity index (χ3v) is 2.36. The number of para-hydroxylation sites is 1. The first kappa shape index (κ1) is 14.5. The molecule has 2 N–H and O–H groups in total. The molecule has 0 fully saturated rings. The molecular formula is C13H18O5. The van der Waals surface area contributed by atoms with Crippen LogP contribution in [0.5, 0.6) is 5.75 Å². The number of hydrogen-bond acceptors (Lipinski definition) is 5. The van der Waals surface area contributed by atoms with Gasteiger partial charge in [0.25, 0.3) is 0 Å². The van der Waals surface area contributed by atoms with E-state index < -0.39 is 18.2 Å². The van der Waals surface area contributed by atoms with Crippen LogP contribution >= 0.6 is 0 Å². The van der Waals surface area contributed by atoms with E-state index in [2.05, 4.69) is 4.74 Å². The standard InChI is InChI=1S/C13H18O5/c1-3-17-10-8-6-5-7-9(10)11(14)12(15)13(16)18-4-2/h5-8,11-12,14-15H,3-4H2,1-2H3. The average molecular weight is 254 g/mol. The lowest BCUT2D eigenvalue weighted by molar-refractivity contribution is -0.159. The molecule has 5 heteroatoms. The number of carbonyl (C=O) groups excluding carboxylic acids is 1. The first-order valence-electron chi connectivity index (χ1n) is 5.86. The third kappa shape index (κ3) is 3.45. The van der Waals surface area contributed by atoms with Gasteiger partial charge < -0.3 is 19.7 Å². The molecule has 0 aliphatic rings. The zero-order valence-corrected chi connectivity index (χ0v) is 10.5. The van der Waals surface area contributed by atoms with E-state index in [1.54, 1.807) is 31.2 Å². The summed E-state index contributed by atoms with van der Waals surface area (Å²) in [6, 6.07) is 6.70. The van der Waals surface area contributed by atoms with Crippen LogP contribution in [-0.4, -0.2) is 35.5 Å². The summed E-state index contributed by atoms with van der Waals surface area (Å²) in [5.74, 6) is -0.410. The Morgan fingerprint density at radius 2 is 1.89 bits per heavy atom. The lowest BCUT2D eigenvalue weighted by Crippen LogP contribution is -2.30. The molecule has 100 valence electrons. The van der Waals surface area contributed by atoms with E-state index in [9.17, 15) is 15.0 Å². The minimum atomic E-state index is -1.62. The fourth-order valence-electron chi connectivity index (χ4n) is 1.54. The topological polar surface area (TPSA) is 76.0 Å². The second-order valence-corrected chi connectivity index (χ2v) is 3.61. The van der Waals surface area contributed by atoms with Crippen molar-refractivity contribution in [3.8, 4) is 5.75 Å². The van der Waals surface area contributed by atoms with Crippen LogP contribution in [0.3, 0.4) is 0 Å². The van der Waals surface area contributed by atoms with Gasteiger partial charge in [0.05, 0.1) is 13.2 Å². The number of carbonyl (C=O) groups is 1. The molecule has 1 aromatic carbocycles. The molecule has 0 aliphatic heterocycles. The smallest absolute Gasteiger partial charge is 0.338 e. The Morgan fingerprint density at radius 1 is 1.22 bits per heavy atom. The van der Waals surface area contributed by atoms with Crippen molar-refractivity contribution in [3.63, 3.8) is 0 Å². The monoisotopic (exact) mass is 254 g/mol. The highest BCUT2D eigenvalue weighted by atomic mass is 16.5. The molecule has 0 amide bonds. The molecule has 5 nitrogen and oxygen atoms in total. The number of esters is 1. The van der Waals surface area contributed by atoms with Gasteiger partial charge in [0.15, 0.2) is 6.10 Å². The van der Waals surface area contributed by atoms with Crippen LogP contribution < -0.4 is 4.74 Å². The summed E-state index contributed by atoms with van der Waals surface area (Å²) in [7, 11) is 0. The predicted octanol–water partition coefficient (Wildman–Crippen LogP) is 1.04. The van der Waals surface area contributed by atoms with Crippen molar-refractivity contribution in [2.45, 2.75) is 26.1 Å². The van der Waals surface area contributed by atoms with Crippen LogP contribution in [0.4, 0.5) is 0 Å². The lowest BCUT2D eigenvalue weighted by Gasteiger charge is -2.19. The molecular weight excluding hydrogens is 236 g/mol. The van der Waals surface area contributed by atoms with Crippen molar-refractivity contribution < 1.29 is 24.5 Å². The Morgan fingerprint density at radius 3 is 2.50 bits per heavy atom. The van der Waals surface area contributed by atoms with E-state index in [1.165, 1.54) is 0 Å². The molecule has 0 aromatic heterocycles. The van der Waals surface area contributed by atoms with E-state index in [-0.39, 0.29) is 6.61 Å². The number of aliphatic hydroxyl groups is 2. The van der Waals surface area contributed by atoms with Crippen molar-refractivity contribution in [2.75, 3.05) is 13.2 Å². The van der Waals surface area contributed by atoms with Crippen molar-refractivity contribution in [2.24, 2.45) is 0 Å². The molecule has 1 rings (SSSR count). The zero-order valence-electron chi connectivity index (χ0n) is 10.5. The second kappa shape index (κ2) is 6.98. The fraction of sp³-hybridized carbons (Fsp3) is 0.462. The van der Waals surface area contributed by atoms with Gasteiger partial charge in [-0.05, 0) is 19.9 Å². The van der Waals surface area contributed by atoms with Gasteiger partial charge in [0, 0.05) is 5.56 Å². The first-order chi connectivity index (χ1) is 8.61. The third-order valence-electron chi connectivity index (χ3n) is 2.36. The van der Waals surface area contributed by atoms with Crippen LogP contribution in [0.25, 0.3) is 0 Å². The summed E-state index contributed by atoms with van der Waals surface area (Å²) >= 11 is 0. The van der Waals surface area contributed by atoms with Crippen molar-refractivity contribution in [3.05, 3.63) is 29.8 Å². The van der Waals surface area contributed by atoms with Crippen molar-refractivity contribution >= 4 is 5.97 Å². The molecule has 0 saturated carbocycles. The Labute approximate surface area is 106 Å². The molecule has 0 heterocycles. The van der Waals surface area contributed by atoms with Crippen LogP contribution in [0, 0.1) is 0 Å². The van der Waals surface area contributed by atoms with Gasteiger partial charge in [0.2, 0.25) is 0 Å². The largest absolute Gasteiger partial charge is 0.493 e. The summed E-state index contributed by atoms with van der Waals surface area (Å²) < 4.78 is 9.98. The van der Waals surface area contributed by atoms with Gasteiger partial charge in [-0.2, -0.15) is 0 Å². The molecule has 18 heavy (non-hydrogen) atoms. The molecule has 0 bridgehead atoms. The summed E-state index contributed by atoms with van der Waals surface area (Å²) in [6.07, 6.45) is -2.99. The van der Waals surface area contributed by atoms with Gasteiger partial charge in [-0.25, -0.2) is 4.79 Å². The Hall–Kier alpha value is -1.59. The van der Waals surface area contributed by atoms with E-state index >= 15 is 0 Å². The van der Waals surface area contributed by atoms with E-state index in [0.29, 0.717) is 17.9 Å². The van der Waals surface area contributed by atoms with E-state index in [0.717, 1.165) is 0 Å². The van der Waals surface area contributed by atoms with E-state index in [1.807, 2.05) is 6.92 Å². The minimum absolute atomic E-state index is 0.149. The van der Waals surface area contributed by atoms with Crippen LogP contribution in [0.2, 0.25) is 0 Å². The van der Waals surface area contributed by atoms with Crippen LogP contribution in [-0.2, 0) is 9.53 Å². The average Bonchev–Trinajstić information content (AvgIpc) is 2.38. The van der Waals surface area contributed by atoms with Crippen molar-refractivity contribution in [1.82, 2.24) is 0 Å². The molecule has 0 saturated heterocycles. The predicted molar refractivity (Wildman–Crippen MR) is 65.2 cm³/mol.